The summed E-state index contributed by atoms with van der Waals surface area (Å²) in [7, 11) is 0. The van der Waals surface area contributed by atoms with Gasteiger partial charge in [0.15, 0.2) is 0 Å². The third kappa shape index (κ3) is 2.26. The van der Waals surface area contributed by atoms with Gasteiger partial charge in [-0.05, 0) is 50.5 Å². The SMILES string of the molecule is CCOc1cc(C)cc(C(C)O)c1C. The Kier molecular flexibility index (Phi) is 3.53. The first-order chi connectivity index (χ1) is 6.56. The van der Waals surface area contributed by atoms with Crippen LogP contribution in [0.2, 0.25) is 0 Å². The first kappa shape index (κ1) is 11.1. The van der Waals surface area contributed by atoms with Crippen LogP contribution in [0, 0.1) is 13.8 Å². The van der Waals surface area contributed by atoms with E-state index in [1.807, 2.05) is 32.9 Å². The molecule has 1 N–H and O–H groups in total. The van der Waals surface area contributed by atoms with Crippen LogP contribution in [0.15, 0.2) is 12.1 Å². The number of hydrogen-bond donors (Lipinski definition) is 1. The zero-order valence-electron chi connectivity index (χ0n) is 9.29. The van der Waals surface area contributed by atoms with Crippen molar-refractivity contribution in [3.8, 4) is 5.75 Å². The molecule has 1 aromatic carbocycles. The van der Waals surface area contributed by atoms with Gasteiger partial charge in [0.1, 0.15) is 5.75 Å². The number of aliphatic hydroxyl groups is 1. The van der Waals surface area contributed by atoms with Crippen LogP contribution in [-0.2, 0) is 0 Å². The Morgan fingerprint density at radius 2 is 2.00 bits per heavy atom. The maximum Gasteiger partial charge on any atom is 0.122 e. The fourth-order valence-electron chi connectivity index (χ4n) is 1.59. The van der Waals surface area contributed by atoms with Gasteiger partial charge in [-0.2, -0.15) is 0 Å². The summed E-state index contributed by atoms with van der Waals surface area (Å²) in [4.78, 5) is 0. The molecule has 1 unspecified atom stereocenters. The van der Waals surface area contributed by atoms with E-state index in [0.29, 0.717) is 6.61 Å². The molecule has 0 saturated heterocycles. The Hall–Kier alpha value is -1.02. The van der Waals surface area contributed by atoms with E-state index in [0.717, 1.165) is 22.4 Å². The van der Waals surface area contributed by atoms with Gasteiger partial charge in [0, 0.05) is 0 Å². The largest absolute Gasteiger partial charge is 0.494 e. The normalized spacial score (nSPS) is 12.6. The highest BCUT2D eigenvalue weighted by Gasteiger charge is 2.10. The molecule has 0 fully saturated rings. The molecule has 78 valence electrons. The van der Waals surface area contributed by atoms with Crippen molar-refractivity contribution in [2.75, 3.05) is 6.61 Å². The van der Waals surface area contributed by atoms with E-state index in [1.165, 1.54) is 0 Å². The lowest BCUT2D eigenvalue weighted by Crippen LogP contribution is -2.01. The van der Waals surface area contributed by atoms with Gasteiger partial charge in [-0.3, -0.25) is 0 Å². The quantitative estimate of drug-likeness (QED) is 0.801. The molecule has 2 heteroatoms. The second kappa shape index (κ2) is 4.47. The molecule has 0 spiro atoms. The van der Waals surface area contributed by atoms with Gasteiger partial charge in [0.05, 0.1) is 12.7 Å². The van der Waals surface area contributed by atoms with Crippen LogP contribution in [0.25, 0.3) is 0 Å². The molecule has 1 atom stereocenters. The van der Waals surface area contributed by atoms with Crippen LogP contribution in [0.4, 0.5) is 0 Å². The Morgan fingerprint density at radius 3 is 2.50 bits per heavy atom. The minimum atomic E-state index is -0.436. The fraction of sp³-hybridized carbons (Fsp3) is 0.500. The molecule has 14 heavy (non-hydrogen) atoms. The van der Waals surface area contributed by atoms with E-state index < -0.39 is 6.10 Å². The molecule has 0 amide bonds. The van der Waals surface area contributed by atoms with E-state index >= 15 is 0 Å². The Labute approximate surface area is 85.5 Å². The van der Waals surface area contributed by atoms with Crippen molar-refractivity contribution in [2.24, 2.45) is 0 Å². The zero-order valence-corrected chi connectivity index (χ0v) is 9.29. The van der Waals surface area contributed by atoms with Gasteiger partial charge in [-0.25, -0.2) is 0 Å². The molecule has 0 aliphatic heterocycles. The predicted octanol–water partition coefficient (Wildman–Crippen LogP) is 2.76. The van der Waals surface area contributed by atoms with Crippen molar-refractivity contribution in [3.05, 3.63) is 28.8 Å². The zero-order chi connectivity index (χ0) is 10.7. The average Bonchev–Trinajstić information content (AvgIpc) is 2.10. The lowest BCUT2D eigenvalue weighted by atomic mass is 10.0. The van der Waals surface area contributed by atoms with Crippen LogP contribution in [0.3, 0.4) is 0 Å². The molecular formula is C12H18O2. The van der Waals surface area contributed by atoms with Gasteiger partial charge in [0.2, 0.25) is 0 Å². The second-order valence-corrected chi connectivity index (χ2v) is 3.59. The highest BCUT2D eigenvalue weighted by Crippen LogP contribution is 2.27. The van der Waals surface area contributed by atoms with Gasteiger partial charge in [0.25, 0.3) is 0 Å². The van der Waals surface area contributed by atoms with Crippen LogP contribution in [0.1, 0.15) is 36.6 Å². The van der Waals surface area contributed by atoms with Crippen molar-refractivity contribution in [1.82, 2.24) is 0 Å². The molecule has 1 rings (SSSR count). The van der Waals surface area contributed by atoms with Crippen molar-refractivity contribution in [1.29, 1.82) is 0 Å². The first-order valence-corrected chi connectivity index (χ1v) is 4.98. The van der Waals surface area contributed by atoms with Gasteiger partial charge < -0.3 is 9.84 Å². The van der Waals surface area contributed by atoms with Crippen molar-refractivity contribution < 1.29 is 9.84 Å². The van der Waals surface area contributed by atoms with Crippen LogP contribution < -0.4 is 4.74 Å². The summed E-state index contributed by atoms with van der Waals surface area (Å²) in [5.41, 5.74) is 3.11. The summed E-state index contributed by atoms with van der Waals surface area (Å²) in [6.07, 6.45) is -0.436. The molecule has 0 aliphatic carbocycles. The highest BCUT2D eigenvalue weighted by molar-refractivity contribution is 5.43. The van der Waals surface area contributed by atoms with E-state index in [-0.39, 0.29) is 0 Å². The molecule has 0 aliphatic rings. The number of hydrogen-bond acceptors (Lipinski definition) is 2. The molecular weight excluding hydrogens is 176 g/mol. The monoisotopic (exact) mass is 194 g/mol. The molecule has 0 heterocycles. The summed E-state index contributed by atoms with van der Waals surface area (Å²) in [6.45, 7) is 8.38. The molecule has 0 bridgehead atoms. The first-order valence-electron chi connectivity index (χ1n) is 4.98. The Morgan fingerprint density at radius 1 is 1.36 bits per heavy atom. The summed E-state index contributed by atoms with van der Waals surface area (Å²) in [5.74, 6) is 0.878. The minimum Gasteiger partial charge on any atom is -0.494 e. The van der Waals surface area contributed by atoms with E-state index in [4.69, 9.17) is 4.74 Å². The maximum absolute atomic E-state index is 9.57. The predicted molar refractivity (Wildman–Crippen MR) is 57.7 cm³/mol. The number of rotatable bonds is 3. The van der Waals surface area contributed by atoms with Gasteiger partial charge in [-0.1, -0.05) is 6.07 Å². The smallest absolute Gasteiger partial charge is 0.122 e. The standard InChI is InChI=1S/C12H18O2/c1-5-14-12-7-8(2)6-11(9(12)3)10(4)13/h6-7,10,13H,5H2,1-4H3. The number of benzene rings is 1. The van der Waals surface area contributed by atoms with Crippen molar-refractivity contribution >= 4 is 0 Å². The van der Waals surface area contributed by atoms with Crippen LogP contribution >= 0.6 is 0 Å². The Balaban J connectivity index is 3.18. The fourth-order valence-corrected chi connectivity index (χ4v) is 1.59. The summed E-state index contributed by atoms with van der Waals surface area (Å²) in [6, 6.07) is 4.01. The van der Waals surface area contributed by atoms with E-state index in [2.05, 4.69) is 0 Å². The molecule has 2 nitrogen and oxygen atoms in total. The molecule has 0 radical (unpaired) electrons. The lowest BCUT2D eigenvalue weighted by molar-refractivity contribution is 0.197. The molecule has 1 aromatic rings. The number of aryl methyl sites for hydroxylation is 1. The third-order valence-corrected chi connectivity index (χ3v) is 2.29. The van der Waals surface area contributed by atoms with E-state index in [1.54, 1.807) is 6.92 Å². The lowest BCUT2D eigenvalue weighted by Gasteiger charge is -2.15. The van der Waals surface area contributed by atoms with Crippen LogP contribution in [0.5, 0.6) is 5.75 Å². The molecule has 0 aromatic heterocycles. The minimum absolute atomic E-state index is 0.436. The summed E-state index contributed by atoms with van der Waals surface area (Å²) >= 11 is 0. The third-order valence-electron chi connectivity index (χ3n) is 2.29. The number of ether oxygens (including phenoxy) is 1. The highest BCUT2D eigenvalue weighted by atomic mass is 16.5. The van der Waals surface area contributed by atoms with Crippen molar-refractivity contribution in [2.45, 2.75) is 33.8 Å². The summed E-state index contributed by atoms with van der Waals surface area (Å²) < 4.78 is 5.50. The van der Waals surface area contributed by atoms with Crippen LogP contribution in [-0.4, -0.2) is 11.7 Å². The van der Waals surface area contributed by atoms with Gasteiger partial charge in [-0.15, -0.1) is 0 Å². The summed E-state index contributed by atoms with van der Waals surface area (Å²) in [5, 5.41) is 9.57. The molecule has 0 saturated carbocycles. The maximum atomic E-state index is 9.57. The Bertz CT molecular complexity index is 316. The van der Waals surface area contributed by atoms with Crippen molar-refractivity contribution in [3.63, 3.8) is 0 Å². The van der Waals surface area contributed by atoms with Gasteiger partial charge >= 0.3 is 0 Å². The second-order valence-electron chi connectivity index (χ2n) is 3.59. The number of aliphatic hydroxyl groups excluding tert-OH is 1. The average molecular weight is 194 g/mol. The topological polar surface area (TPSA) is 29.5 Å². The van der Waals surface area contributed by atoms with E-state index in [9.17, 15) is 5.11 Å².